The third-order valence-electron chi connectivity index (χ3n) is 5.68. The van der Waals surface area contributed by atoms with Crippen molar-refractivity contribution in [3.63, 3.8) is 0 Å². The molecule has 140 valence electrons. The highest BCUT2D eigenvalue weighted by molar-refractivity contribution is 5.15. The van der Waals surface area contributed by atoms with Crippen molar-refractivity contribution in [2.75, 3.05) is 52.4 Å². The first-order valence-corrected chi connectivity index (χ1v) is 9.95. The van der Waals surface area contributed by atoms with Crippen LogP contribution in [0.15, 0.2) is 18.9 Å². The average Bonchev–Trinajstić information content (AvgIpc) is 2.94. The van der Waals surface area contributed by atoms with Crippen LogP contribution in [0.2, 0.25) is 0 Å². The predicted molar refractivity (Wildman–Crippen MR) is 104 cm³/mol. The van der Waals surface area contributed by atoms with E-state index in [2.05, 4.69) is 46.0 Å². The molecule has 2 aliphatic heterocycles. The van der Waals surface area contributed by atoms with Gasteiger partial charge in [0, 0.05) is 64.1 Å². The molecule has 1 aromatic rings. The fraction of sp³-hybridized carbons (Fsp3) is 0.750. The van der Waals surface area contributed by atoms with Crippen molar-refractivity contribution in [1.29, 1.82) is 0 Å². The second-order valence-corrected chi connectivity index (χ2v) is 7.92. The lowest BCUT2D eigenvalue weighted by atomic mass is 10.00. The summed E-state index contributed by atoms with van der Waals surface area (Å²) in [7, 11) is 0. The van der Waals surface area contributed by atoms with Crippen LogP contribution in [0.1, 0.15) is 31.0 Å². The maximum atomic E-state index is 4.76. The van der Waals surface area contributed by atoms with Crippen LogP contribution in [0.3, 0.4) is 0 Å². The Labute approximate surface area is 153 Å². The Hall–Kier alpha value is -1.17. The molecule has 0 aromatic carbocycles. The summed E-state index contributed by atoms with van der Waals surface area (Å²) in [4.78, 5) is 7.63. The molecule has 0 N–H and O–H groups in total. The van der Waals surface area contributed by atoms with Crippen molar-refractivity contribution in [1.82, 2.24) is 24.5 Å². The SMILES string of the molecule is C=CCN1CCN(CCn2cc(CN3CCCC(C)C3)c(C)n2)CC1. The molecule has 0 bridgehead atoms. The first kappa shape index (κ1) is 18.6. The molecule has 0 saturated carbocycles. The van der Waals surface area contributed by atoms with E-state index in [1.807, 2.05) is 6.08 Å². The van der Waals surface area contributed by atoms with E-state index in [0.29, 0.717) is 0 Å². The van der Waals surface area contributed by atoms with Gasteiger partial charge in [0.2, 0.25) is 0 Å². The second-order valence-electron chi connectivity index (χ2n) is 7.92. The number of piperazine rings is 1. The fourth-order valence-electron chi connectivity index (χ4n) is 4.12. The van der Waals surface area contributed by atoms with Gasteiger partial charge in [-0.3, -0.25) is 19.4 Å². The molecule has 0 radical (unpaired) electrons. The Kier molecular flexibility index (Phi) is 6.68. The summed E-state index contributed by atoms with van der Waals surface area (Å²) < 4.78 is 2.16. The number of aryl methyl sites for hydroxylation is 1. The van der Waals surface area contributed by atoms with Crippen LogP contribution in [-0.2, 0) is 13.1 Å². The first-order chi connectivity index (χ1) is 12.1. The molecule has 5 nitrogen and oxygen atoms in total. The van der Waals surface area contributed by atoms with Crippen LogP contribution in [0.5, 0.6) is 0 Å². The number of likely N-dealkylation sites (tertiary alicyclic amines) is 1. The zero-order chi connectivity index (χ0) is 17.6. The number of hydrogen-bond acceptors (Lipinski definition) is 4. The van der Waals surface area contributed by atoms with Crippen molar-refractivity contribution in [3.8, 4) is 0 Å². The van der Waals surface area contributed by atoms with Crippen molar-refractivity contribution in [3.05, 3.63) is 30.1 Å². The van der Waals surface area contributed by atoms with Crippen molar-refractivity contribution >= 4 is 0 Å². The van der Waals surface area contributed by atoms with Gasteiger partial charge in [0.1, 0.15) is 0 Å². The van der Waals surface area contributed by atoms with E-state index in [1.54, 1.807) is 0 Å². The number of hydrogen-bond donors (Lipinski definition) is 0. The largest absolute Gasteiger partial charge is 0.299 e. The molecule has 0 aliphatic carbocycles. The van der Waals surface area contributed by atoms with Crippen LogP contribution in [0.4, 0.5) is 0 Å². The van der Waals surface area contributed by atoms with Gasteiger partial charge in [-0.1, -0.05) is 13.0 Å². The summed E-state index contributed by atoms with van der Waals surface area (Å²) in [6.07, 6.45) is 7.01. The van der Waals surface area contributed by atoms with E-state index in [0.717, 1.165) is 58.3 Å². The monoisotopic (exact) mass is 345 g/mol. The lowest BCUT2D eigenvalue weighted by Crippen LogP contribution is -2.47. The Morgan fingerprint density at radius 2 is 1.88 bits per heavy atom. The van der Waals surface area contributed by atoms with Gasteiger partial charge in [-0.05, 0) is 32.2 Å². The first-order valence-electron chi connectivity index (χ1n) is 9.95. The Morgan fingerprint density at radius 1 is 1.12 bits per heavy atom. The van der Waals surface area contributed by atoms with Crippen LogP contribution in [0.25, 0.3) is 0 Å². The number of nitrogens with zero attached hydrogens (tertiary/aromatic N) is 5. The van der Waals surface area contributed by atoms with E-state index in [1.165, 1.54) is 37.2 Å². The Bertz CT molecular complexity index is 544. The molecule has 0 spiro atoms. The normalized spacial score (nSPS) is 23.8. The molecule has 1 unspecified atom stereocenters. The summed E-state index contributed by atoms with van der Waals surface area (Å²) in [5.41, 5.74) is 2.61. The molecule has 3 heterocycles. The van der Waals surface area contributed by atoms with Gasteiger partial charge in [0.05, 0.1) is 12.2 Å². The van der Waals surface area contributed by atoms with E-state index >= 15 is 0 Å². The topological polar surface area (TPSA) is 27.5 Å². The quantitative estimate of drug-likeness (QED) is 0.708. The summed E-state index contributed by atoms with van der Waals surface area (Å²) >= 11 is 0. The molecule has 5 heteroatoms. The molecule has 2 saturated heterocycles. The fourth-order valence-corrected chi connectivity index (χ4v) is 4.12. The third kappa shape index (κ3) is 5.40. The van der Waals surface area contributed by atoms with E-state index in [9.17, 15) is 0 Å². The van der Waals surface area contributed by atoms with Crippen molar-refractivity contribution in [2.45, 2.75) is 39.8 Å². The average molecular weight is 346 g/mol. The van der Waals surface area contributed by atoms with Crippen molar-refractivity contribution in [2.24, 2.45) is 5.92 Å². The minimum Gasteiger partial charge on any atom is -0.299 e. The molecule has 2 aliphatic rings. The number of piperidine rings is 1. The number of aromatic nitrogens is 2. The molecule has 3 rings (SSSR count). The van der Waals surface area contributed by atoms with E-state index in [-0.39, 0.29) is 0 Å². The summed E-state index contributed by atoms with van der Waals surface area (Å²) in [5, 5.41) is 4.76. The lowest BCUT2D eigenvalue weighted by Gasteiger charge is -2.34. The van der Waals surface area contributed by atoms with Gasteiger partial charge in [-0.25, -0.2) is 0 Å². The van der Waals surface area contributed by atoms with Crippen LogP contribution in [-0.4, -0.2) is 76.8 Å². The molecular weight excluding hydrogens is 310 g/mol. The highest BCUT2D eigenvalue weighted by Gasteiger charge is 2.19. The summed E-state index contributed by atoms with van der Waals surface area (Å²) in [6, 6.07) is 0. The van der Waals surface area contributed by atoms with Crippen molar-refractivity contribution < 1.29 is 0 Å². The van der Waals surface area contributed by atoms with Gasteiger partial charge in [-0.2, -0.15) is 5.10 Å². The van der Waals surface area contributed by atoms with E-state index in [4.69, 9.17) is 5.10 Å². The molecular formula is C20H35N5. The number of rotatable bonds is 7. The molecule has 2 fully saturated rings. The van der Waals surface area contributed by atoms with Crippen LogP contribution < -0.4 is 0 Å². The predicted octanol–water partition coefficient (Wildman–Crippen LogP) is 2.23. The molecule has 1 aromatic heterocycles. The zero-order valence-corrected chi connectivity index (χ0v) is 16.2. The molecule has 25 heavy (non-hydrogen) atoms. The van der Waals surface area contributed by atoms with Crippen LogP contribution >= 0.6 is 0 Å². The smallest absolute Gasteiger partial charge is 0.0638 e. The maximum Gasteiger partial charge on any atom is 0.0638 e. The van der Waals surface area contributed by atoms with Crippen LogP contribution in [0, 0.1) is 12.8 Å². The van der Waals surface area contributed by atoms with Gasteiger partial charge >= 0.3 is 0 Å². The minimum atomic E-state index is 0.837. The van der Waals surface area contributed by atoms with E-state index < -0.39 is 0 Å². The standard InChI is InChI=1S/C20H35N5/c1-4-7-22-9-11-23(12-10-22)13-14-25-17-20(19(3)21-25)16-24-8-5-6-18(2)15-24/h4,17-18H,1,5-16H2,2-3H3. The van der Waals surface area contributed by atoms with Gasteiger partial charge in [0.25, 0.3) is 0 Å². The minimum absolute atomic E-state index is 0.837. The Morgan fingerprint density at radius 3 is 2.60 bits per heavy atom. The lowest BCUT2D eigenvalue weighted by molar-refractivity contribution is 0.138. The Balaban J connectivity index is 1.45. The summed E-state index contributed by atoms with van der Waals surface area (Å²) in [6.45, 7) is 19.7. The van der Waals surface area contributed by atoms with Gasteiger partial charge in [0.15, 0.2) is 0 Å². The highest BCUT2D eigenvalue weighted by Crippen LogP contribution is 2.19. The highest BCUT2D eigenvalue weighted by atomic mass is 15.3. The van der Waals surface area contributed by atoms with Gasteiger partial charge < -0.3 is 0 Å². The zero-order valence-electron chi connectivity index (χ0n) is 16.2. The summed E-state index contributed by atoms with van der Waals surface area (Å²) in [5.74, 6) is 0.837. The maximum absolute atomic E-state index is 4.76. The second kappa shape index (κ2) is 8.97. The molecule has 0 amide bonds. The van der Waals surface area contributed by atoms with Gasteiger partial charge in [-0.15, -0.1) is 6.58 Å². The molecule has 1 atom stereocenters. The third-order valence-corrected chi connectivity index (χ3v) is 5.68.